The number of carbonyl (C=O) groups excluding carboxylic acids is 1. The number of carbonyl (C=O) groups is 1. The third-order valence-electron chi connectivity index (χ3n) is 3.52. The number of aldehydes is 1. The molecule has 0 bridgehead atoms. The van der Waals surface area contributed by atoms with Crippen LogP contribution in [0.15, 0.2) is 35.4 Å². The Kier molecular flexibility index (Phi) is 8.84. The molecule has 4 nitrogen and oxygen atoms in total. The van der Waals surface area contributed by atoms with Crippen molar-refractivity contribution in [3.63, 3.8) is 0 Å². The Labute approximate surface area is 133 Å². The molecule has 1 rings (SSSR count). The van der Waals surface area contributed by atoms with Gasteiger partial charge in [-0.3, -0.25) is 0 Å². The molecule has 0 aliphatic rings. The molecular weight excluding hydrogens is 329 g/mol. The first-order chi connectivity index (χ1) is 10.2. The van der Waals surface area contributed by atoms with Crippen molar-refractivity contribution in [2.45, 2.75) is 50.4 Å². The maximum absolute atomic E-state index is 10.6. The fourth-order valence-corrected chi connectivity index (χ4v) is 4.99. The summed E-state index contributed by atoms with van der Waals surface area (Å²) >= 11 is 0.289. The first-order valence-electron chi connectivity index (χ1n) is 7.40. The van der Waals surface area contributed by atoms with Gasteiger partial charge in [-0.05, 0) is 0 Å². The summed E-state index contributed by atoms with van der Waals surface area (Å²) in [6.45, 7) is 4.18. The van der Waals surface area contributed by atoms with Gasteiger partial charge in [0.15, 0.2) is 0 Å². The van der Waals surface area contributed by atoms with E-state index in [0.29, 0.717) is 17.2 Å². The van der Waals surface area contributed by atoms with Crippen molar-refractivity contribution >= 4 is 25.7 Å². The molecule has 114 valence electrons. The van der Waals surface area contributed by atoms with Gasteiger partial charge in [-0.25, -0.2) is 0 Å². The molecule has 0 amide bonds. The van der Waals surface area contributed by atoms with Gasteiger partial charge >= 0.3 is 133 Å². The number of rotatable bonds is 10. The van der Waals surface area contributed by atoms with Crippen molar-refractivity contribution < 1.29 is 4.79 Å². The summed E-state index contributed by atoms with van der Waals surface area (Å²) in [7, 11) is 0. The Hall–Kier alpha value is -1.28. The van der Waals surface area contributed by atoms with Gasteiger partial charge in [0.2, 0.25) is 0 Å². The van der Waals surface area contributed by atoms with Gasteiger partial charge in [-0.1, -0.05) is 0 Å². The van der Waals surface area contributed by atoms with Crippen molar-refractivity contribution in [3.05, 3.63) is 40.8 Å². The second kappa shape index (κ2) is 10.4. The predicted molar refractivity (Wildman–Crippen MR) is 87.9 cm³/mol. The molecule has 0 N–H and O–H groups in total. The summed E-state index contributed by atoms with van der Waals surface area (Å²) < 4.78 is 1.34. The third kappa shape index (κ3) is 6.81. The van der Waals surface area contributed by atoms with Crippen LogP contribution in [0.1, 0.15) is 39.5 Å². The summed E-state index contributed by atoms with van der Waals surface area (Å²) in [5, 5.41) is 3.99. The van der Waals surface area contributed by atoms with E-state index in [4.69, 9.17) is 5.53 Å². The summed E-state index contributed by atoms with van der Waals surface area (Å²) in [6.07, 6.45) is 4.50. The van der Waals surface area contributed by atoms with Crippen LogP contribution in [0.2, 0.25) is 4.82 Å². The van der Waals surface area contributed by atoms with E-state index >= 15 is 0 Å². The minimum atomic E-state index is 0.0543. The minimum absolute atomic E-state index is 0.0543. The molecule has 1 unspecified atom stereocenters. The van der Waals surface area contributed by atoms with Crippen molar-refractivity contribution in [2.24, 2.45) is 11.0 Å². The molecule has 0 spiro atoms. The molecule has 21 heavy (non-hydrogen) atoms. The standard InChI is InChI=1S/C16H23N3OSe/c1-3-15(18-19-17)16(10-9-13(2)11-12-20)21-14-7-5-4-6-8-14/h4-8,12-13,15-16H,3,9-11H2,1-2H3/t13-,15?,16+/m0/s1. The van der Waals surface area contributed by atoms with Crippen molar-refractivity contribution in [2.75, 3.05) is 0 Å². The molecule has 0 radical (unpaired) electrons. The SMILES string of the molecule is CCC(N=[N+]=[N-])[C@@H](CC[C@H](C)CC=O)[Se]c1ccccc1. The number of hydrogen-bond acceptors (Lipinski definition) is 2. The summed E-state index contributed by atoms with van der Waals surface area (Å²) in [6, 6.07) is 10.5. The average Bonchev–Trinajstić information content (AvgIpc) is 2.50. The summed E-state index contributed by atoms with van der Waals surface area (Å²) in [4.78, 5) is 14.0. The fourth-order valence-electron chi connectivity index (χ4n) is 2.22. The average molecular weight is 352 g/mol. The molecule has 0 aromatic heterocycles. The Morgan fingerprint density at radius 3 is 2.62 bits per heavy atom. The van der Waals surface area contributed by atoms with Gasteiger partial charge in [0.05, 0.1) is 0 Å². The van der Waals surface area contributed by atoms with Crippen molar-refractivity contribution in [3.8, 4) is 0 Å². The Morgan fingerprint density at radius 2 is 2.05 bits per heavy atom. The van der Waals surface area contributed by atoms with E-state index in [1.807, 2.05) is 6.07 Å². The number of azide groups is 1. The van der Waals surface area contributed by atoms with Crippen LogP contribution in [-0.4, -0.2) is 27.3 Å². The normalized spacial score (nSPS) is 14.8. The molecule has 0 aliphatic heterocycles. The van der Waals surface area contributed by atoms with E-state index in [0.717, 1.165) is 25.5 Å². The molecule has 0 aliphatic carbocycles. The zero-order valence-electron chi connectivity index (χ0n) is 12.7. The van der Waals surface area contributed by atoms with Gasteiger partial charge in [0.25, 0.3) is 0 Å². The molecule has 3 atom stereocenters. The van der Waals surface area contributed by atoms with Crippen LogP contribution in [0.3, 0.4) is 0 Å². The third-order valence-corrected chi connectivity index (χ3v) is 6.45. The molecule has 1 aromatic rings. The second-order valence-corrected chi connectivity index (χ2v) is 7.99. The van der Waals surface area contributed by atoms with E-state index in [1.165, 1.54) is 4.46 Å². The summed E-state index contributed by atoms with van der Waals surface area (Å²) in [5.74, 6) is 0.403. The molecule has 0 heterocycles. The predicted octanol–water partition coefficient (Wildman–Crippen LogP) is 3.90. The van der Waals surface area contributed by atoms with Gasteiger partial charge in [-0.15, -0.1) is 0 Å². The van der Waals surface area contributed by atoms with Crippen LogP contribution < -0.4 is 4.46 Å². The number of nitrogens with zero attached hydrogens (tertiary/aromatic N) is 3. The zero-order valence-corrected chi connectivity index (χ0v) is 14.4. The molecule has 0 saturated heterocycles. The van der Waals surface area contributed by atoms with Crippen LogP contribution >= 0.6 is 0 Å². The fraction of sp³-hybridized carbons (Fsp3) is 0.562. The Morgan fingerprint density at radius 1 is 1.33 bits per heavy atom. The second-order valence-electron chi connectivity index (χ2n) is 5.23. The molecule has 1 aromatic carbocycles. The molecule has 5 heteroatoms. The van der Waals surface area contributed by atoms with Crippen molar-refractivity contribution in [1.29, 1.82) is 0 Å². The van der Waals surface area contributed by atoms with Gasteiger partial charge in [0.1, 0.15) is 0 Å². The van der Waals surface area contributed by atoms with Gasteiger partial charge in [0, 0.05) is 0 Å². The van der Waals surface area contributed by atoms with Crippen LogP contribution in [0.25, 0.3) is 10.4 Å². The van der Waals surface area contributed by atoms with E-state index in [1.54, 1.807) is 0 Å². The number of benzene rings is 1. The molecule has 0 saturated carbocycles. The van der Waals surface area contributed by atoms with Crippen LogP contribution in [0.5, 0.6) is 0 Å². The Balaban J connectivity index is 2.73. The quantitative estimate of drug-likeness (QED) is 0.207. The maximum atomic E-state index is 10.6. The van der Waals surface area contributed by atoms with E-state index in [-0.39, 0.29) is 21.0 Å². The van der Waals surface area contributed by atoms with E-state index in [2.05, 4.69) is 48.1 Å². The van der Waals surface area contributed by atoms with Crippen LogP contribution in [0.4, 0.5) is 0 Å². The molecule has 0 fully saturated rings. The first-order valence-corrected chi connectivity index (χ1v) is 9.25. The van der Waals surface area contributed by atoms with E-state index < -0.39 is 0 Å². The zero-order chi connectivity index (χ0) is 15.5. The van der Waals surface area contributed by atoms with Gasteiger partial charge < -0.3 is 0 Å². The Bertz CT molecular complexity index is 460. The first kappa shape index (κ1) is 17.8. The molecular formula is C16H23N3OSe. The van der Waals surface area contributed by atoms with Crippen molar-refractivity contribution in [1.82, 2.24) is 0 Å². The number of hydrogen-bond donors (Lipinski definition) is 0. The van der Waals surface area contributed by atoms with Crippen LogP contribution in [-0.2, 0) is 4.79 Å². The van der Waals surface area contributed by atoms with Crippen LogP contribution in [0, 0.1) is 5.92 Å². The topological polar surface area (TPSA) is 65.8 Å². The van der Waals surface area contributed by atoms with Gasteiger partial charge in [-0.2, -0.15) is 0 Å². The van der Waals surface area contributed by atoms with E-state index in [9.17, 15) is 4.79 Å². The summed E-state index contributed by atoms with van der Waals surface area (Å²) in [5.41, 5.74) is 8.76. The monoisotopic (exact) mass is 353 g/mol.